The molecule has 0 bridgehead atoms. The fourth-order valence-electron chi connectivity index (χ4n) is 3.29. The Bertz CT molecular complexity index is 1120. The summed E-state index contributed by atoms with van der Waals surface area (Å²) in [7, 11) is 0. The summed E-state index contributed by atoms with van der Waals surface area (Å²) in [4.78, 5) is 13.8. The largest absolute Gasteiger partial charge is 0.325 e. The molecule has 0 aliphatic heterocycles. The average molecular weight is 435 g/mol. The van der Waals surface area contributed by atoms with E-state index >= 15 is 0 Å². The summed E-state index contributed by atoms with van der Waals surface area (Å²) < 4.78 is 2.04. The molecule has 2 heterocycles. The van der Waals surface area contributed by atoms with E-state index in [9.17, 15) is 4.79 Å². The van der Waals surface area contributed by atoms with E-state index in [0.717, 1.165) is 28.3 Å². The number of carbonyl (C=O) groups excluding carboxylic acids is 1. The maximum absolute atomic E-state index is 12.5. The number of rotatable bonds is 7. The monoisotopic (exact) mass is 434 g/mol. The van der Waals surface area contributed by atoms with E-state index in [1.807, 2.05) is 66.9 Å². The number of hydrogen-bond acceptors (Lipinski definition) is 5. The molecule has 152 valence electrons. The van der Waals surface area contributed by atoms with Gasteiger partial charge in [0.1, 0.15) is 5.82 Å². The third-order valence-corrected chi connectivity index (χ3v) is 6.27. The second-order valence-electron chi connectivity index (χ2n) is 7.04. The lowest BCUT2D eigenvalue weighted by Gasteiger charge is -2.10. The third kappa shape index (κ3) is 4.98. The molecular formula is C23H22N4OS2. The van der Waals surface area contributed by atoms with Crippen molar-refractivity contribution in [2.24, 2.45) is 0 Å². The standard InChI is InChI=1S/C23H22N4OS2/c1-16-11-17(2)13-18(12-16)24-22(28)15-30-23-26-25-21(14-20-9-6-10-29-20)27(23)19-7-4-3-5-8-19/h3-13H,14-15H2,1-2H3,(H,24,28). The van der Waals surface area contributed by atoms with Gasteiger partial charge in [0.05, 0.1) is 5.75 Å². The normalized spacial score (nSPS) is 10.9. The van der Waals surface area contributed by atoms with Crippen molar-refractivity contribution >= 4 is 34.7 Å². The molecular weight excluding hydrogens is 412 g/mol. The van der Waals surface area contributed by atoms with Crippen molar-refractivity contribution in [2.45, 2.75) is 25.4 Å². The maximum atomic E-state index is 12.5. The van der Waals surface area contributed by atoms with Crippen LogP contribution in [0.15, 0.2) is 71.2 Å². The quantitative estimate of drug-likeness (QED) is 0.403. The molecule has 0 atom stereocenters. The SMILES string of the molecule is Cc1cc(C)cc(NC(=O)CSc2nnc(Cc3cccs3)n2-c2ccccc2)c1. The van der Waals surface area contributed by atoms with Crippen LogP contribution in [0.4, 0.5) is 5.69 Å². The fourth-order valence-corrected chi connectivity index (χ4v) is 4.76. The average Bonchev–Trinajstić information content (AvgIpc) is 3.36. The molecule has 0 saturated heterocycles. The Labute approximate surface area is 184 Å². The first kappa shape index (κ1) is 20.4. The Kier molecular flexibility index (Phi) is 6.30. The predicted molar refractivity (Wildman–Crippen MR) is 124 cm³/mol. The van der Waals surface area contributed by atoms with Gasteiger partial charge in [0, 0.05) is 22.7 Å². The lowest BCUT2D eigenvalue weighted by molar-refractivity contribution is -0.113. The molecule has 7 heteroatoms. The lowest BCUT2D eigenvalue weighted by Crippen LogP contribution is -2.15. The zero-order chi connectivity index (χ0) is 20.9. The summed E-state index contributed by atoms with van der Waals surface area (Å²) in [6.07, 6.45) is 0.703. The van der Waals surface area contributed by atoms with Crippen LogP contribution in [0.1, 0.15) is 21.8 Å². The number of thiophene rings is 1. The summed E-state index contributed by atoms with van der Waals surface area (Å²) in [5.74, 6) is 1.06. The van der Waals surface area contributed by atoms with Crippen LogP contribution in [0.3, 0.4) is 0 Å². The minimum atomic E-state index is -0.0626. The smallest absolute Gasteiger partial charge is 0.234 e. The van der Waals surface area contributed by atoms with E-state index in [1.165, 1.54) is 16.6 Å². The molecule has 0 aliphatic rings. The number of thioether (sulfide) groups is 1. The van der Waals surface area contributed by atoms with Gasteiger partial charge in [-0.3, -0.25) is 9.36 Å². The first-order valence-electron chi connectivity index (χ1n) is 9.61. The highest BCUT2D eigenvalue weighted by atomic mass is 32.2. The molecule has 0 saturated carbocycles. The van der Waals surface area contributed by atoms with Gasteiger partial charge in [0.25, 0.3) is 0 Å². The van der Waals surface area contributed by atoms with Crippen LogP contribution < -0.4 is 5.32 Å². The summed E-state index contributed by atoms with van der Waals surface area (Å²) >= 11 is 3.09. The third-order valence-electron chi connectivity index (χ3n) is 4.47. The minimum Gasteiger partial charge on any atom is -0.325 e. The molecule has 0 aliphatic carbocycles. The first-order chi connectivity index (χ1) is 14.6. The minimum absolute atomic E-state index is 0.0626. The summed E-state index contributed by atoms with van der Waals surface area (Å²) in [5, 5.41) is 14.6. The van der Waals surface area contributed by atoms with E-state index in [1.54, 1.807) is 11.3 Å². The molecule has 5 nitrogen and oxygen atoms in total. The number of benzene rings is 2. The Hall–Kier alpha value is -2.90. The number of hydrogen-bond donors (Lipinski definition) is 1. The maximum Gasteiger partial charge on any atom is 0.234 e. The second kappa shape index (κ2) is 9.28. The summed E-state index contributed by atoms with van der Waals surface area (Å²) in [6, 6.07) is 20.2. The van der Waals surface area contributed by atoms with Crippen LogP contribution >= 0.6 is 23.1 Å². The Morgan fingerprint density at radius 1 is 1.03 bits per heavy atom. The van der Waals surface area contributed by atoms with Gasteiger partial charge < -0.3 is 5.32 Å². The Morgan fingerprint density at radius 3 is 2.50 bits per heavy atom. The molecule has 0 radical (unpaired) electrons. The number of nitrogens with zero attached hydrogens (tertiary/aromatic N) is 3. The zero-order valence-electron chi connectivity index (χ0n) is 16.8. The van der Waals surface area contributed by atoms with Gasteiger partial charge in [-0.1, -0.05) is 42.1 Å². The topological polar surface area (TPSA) is 59.8 Å². The van der Waals surface area contributed by atoms with E-state index in [-0.39, 0.29) is 11.7 Å². The van der Waals surface area contributed by atoms with Crippen LogP contribution in [0.25, 0.3) is 5.69 Å². The number of anilines is 1. The molecule has 2 aromatic carbocycles. The van der Waals surface area contributed by atoms with Crippen molar-refractivity contribution in [3.8, 4) is 5.69 Å². The van der Waals surface area contributed by atoms with Crippen molar-refractivity contribution in [3.63, 3.8) is 0 Å². The van der Waals surface area contributed by atoms with E-state index < -0.39 is 0 Å². The predicted octanol–water partition coefficient (Wildman–Crippen LogP) is 5.27. The zero-order valence-corrected chi connectivity index (χ0v) is 18.5. The Balaban J connectivity index is 1.52. The first-order valence-corrected chi connectivity index (χ1v) is 11.5. The van der Waals surface area contributed by atoms with Gasteiger partial charge in [0.15, 0.2) is 5.16 Å². The van der Waals surface area contributed by atoms with Crippen LogP contribution in [0, 0.1) is 13.8 Å². The van der Waals surface area contributed by atoms with Crippen molar-refractivity contribution < 1.29 is 4.79 Å². The number of carbonyl (C=O) groups is 1. The van der Waals surface area contributed by atoms with Gasteiger partial charge in [0.2, 0.25) is 5.91 Å². The van der Waals surface area contributed by atoms with Crippen LogP contribution in [0.2, 0.25) is 0 Å². The molecule has 0 spiro atoms. The van der Waals surface area contributed by atoms with Gasteiger partial charge in [-0.2, -0.15) is 0 Å². The van der Waals surface area contributed by atoms with Crippen molar-refractivity contribution in [1.82, 2.24) is 14.8 Å². The molecule has 30 heavy (non-hydrogen) atoms. The van der Waals surface area contributed by atoms with Crippen LogP contribution in [-0.2, 0) is 11.2 Å². The van der Waals surface area contributed by atoms with Gasteiger partial charge in [-0.15, -0.1) is 21.5 Å². The van der Waals surface area contributed by atoms with Crippen LogP contribution in [0.5, 0.6) is 0 Å². The Morgan fingerprint density at radius 2 is 1.80 bits per heavy atom. The number of amides is 1. The van der Waals surface area contributed by atoms with Crippen molar-refractivity contribution in [3.05, 3.63) is 87.9 Å². The highest BCUT2D eigenvalue weighted by Crippen LogP contribution is 2.25. The highest BCUT2D eigenvalue weighted by Gasteiger charge is 2.16. The number of aryl methyl sites for hydroxylation is 2. The summed E-state index contributed by atoms with van der Waals surface area (Å²) in [6.45, 7) is 4.05. The van der Waals surface area contributed by atoms with E-state index in [0.29, 0.717) is 11.6 Å². The molecule has 1 N–H and O–H groups in total. The highest BCUT2D eigenvalue weighted by molar-refractivity contribution is 7.99. The molecule has 0 fully saturated rings. The molecule has 0 unspecified atom stereocenters. The van der Waals surface area contributed by atoms with Crippen LogP contribution in [-0.4, -0.2) is 26.4 Å². The second-order valence-corrected chi connectivity index (χ2v) is 9.01. The molecule has 2 aromatic heterocycles. The van der Waals surface area contributed by atoms with Gasteiger partial charge in [-0.05, 0) is 60.7 Å². The lowest BCUT2D eigenvalue weighted by atomic mass is 10.1. The van der Waals surface area contributed by atoms with E-state index in [2.05, 4.69) is 33.0 Å². The molecule has 4 rings (SSSR count). The van der Waals surface area contributed by atoms with E-state index in [4.69, 9.17) is 0 Å². The number of para-hydroxylation sites is 1. The molecule has 1 amide bonds. The molecule has 4 aromatic rings. The summed E-state index contributed by atoms with van der Waals surface area (Å²) in [5.41, 5.74) is 4.06. The number of aromatic nitrogens is 3. The fraction of sp³-hybridized carbons (Fsp3) is 0.174. The number of nitrogens with one attached hydrogen (secondary N) is 1. The van der Waals surface area contributed by atoms with Gasteiger partial charge >= 0.3 is 0 Å². The van der Waals surface area contributed by atoms with Crippen molar-refractivity contribution in [2.75, 3.05) is 11.1 Å². The van der Waals surface area contributed by atoms with Crippen molar-refractivity contribution in [1.29, 1.82) is 0 Å². The van der Waals surface area contributed by atoms with Gasteiger partial charge in [-0.25, -0.2) is 0 Å².